The molecule has 2 N–H and O–H groups in total. The Bertz CT molecular complexity index is 310. The number of halogens is 1. The summed E-state index contributed by atoms with van der Waals surface area (Å²) in [4.78, 5) is 10.3. The van der Waals surface area contributed by atoms with Gasteiger partial charge >= 0.3 is 5.97 Å². The van der Waals surface area contributed by atoms with Gasteiger partial charge in [0, 0.05) is 11.1 Å². The molecule has 3 nitrogen and oxygen atoms in total. The molecule has 4 heteroatoms. The summed E-state index contributed by atoms with van der Waals surface area (Å²) < 4.78 is 0. The van der Waals surface area contributed by atoms with Crippen LogP contribution in [0, 0.1) is 0 Å². The molecule has 1 aromatic carbocycles. The van der Waals surface area contributed by atoms with Crippen molar-refractivity contribution < 1.29 is 9.90 Å². The van der Waals surface area contributed by atoms with Crippen molar-refractivity contribution in [1.29, 1.82) is 0 Å². The largest absolute Gasteiger partial charge is 0.480 e. The lowest BCUT2D eigenvalue weighted by molar-refractivity contribution is -0.136. The molecule has 0 radical (unpaired) electrons. The molecule has 0 amide bonds. The number of aliphatic carboxylic acids is 1. The monoisotopic (exact) mass is 213 g/mol. The zero-order chi connectivity index (χ0) is 10.6. The third-order valence-electron chi connectivity index (χ3n) is 1.93. The van der Waals surface area contributed by atoms with Gasteiger partial charge in [0.25, 0.3) is 0 Å². The lowest BCUT2D eigenvalue weighted by Crippen LogP contribution is -2.25. The van der Waals surface area contributed by atoms with Crippen LogP contribution in [0.25, 0.3) is 0 Å². The molecular weight excluding hydrogens is 202 g/mol. The second kappa shape index (κ2) is 4.98. The fourth-order valence-electron chi connectivity index (χ4n) is 1.11. The quantitative estimate of drug-likeness (QED) is 0.805. The molecule has 1 aromatic rings. The maximum absolute atomic E-state index is 10.3. The van der Waals surface area contributed by atoms with Crippen LogP contribution in [0.15, 0.2) is 24.3 Å². The minimum Gasteiger partial charge on any atom is -0.480 e. The van der Waals surface area contributed by atoms with Crippen molar-refractivity contribution >= 4 is 17.6 Å². The molecule has 0 bridgehead atoms. The summed E-state index contributed by atoms with van der Waals surface area (Å²) in [6.45, 7) is 1.87. The van der Waals surface area contributed by atoms with Crippen molar-refractivity contribution in [3.8, 4) is 0 Å². The van der Waals surface area contributed by atoms with E-state index in [1.165, 1.54) is 0 Å². The second-order valence-corrected chi connectivity index (χ2v) is 3.48. The fraction of sp³-hybridized carbons (Fsp3) is 0.300. The van der Waals surface area contributed by atoms with Crippen molar-refractivity contribution in [2.45, 2.75) is 13.0 Å². The maximum Gasteiger partial charge on any atom is 0.317 e. The highest BCUT2D eigenvalue weighted by Crippen LogP contribution is 2.15. The first-order chi connectivity index (χ1) is 6.59. The number of hydrogen-bond donors (Lipinski definition) is 2. The van der Waals surface area contributed by atoms with E-state index in [1.807, 2.05) is 19.1 Å². The van der Waals surface area contributed by atoms with Gasteiger partial charge in [-0.05, 0) is 24.6 Å². The summed E-state index contributed by atoms with van der Waals surface area (Å²) in [6, 6.07) is 7.35. The first-order valence-electron chi connectivity index (χ1n) is 4.30. The van der Waals surface area contributed by atoms with Crippen LogP contribution in [-0.4, -0.2) is 17.6 Å². The van der Waals surface area contributed by atoms with Crippen molar-refractivity contribution in [2.24, 2.45) is 0 Å². The average Bonchev–Trinajstić information content (AvgIpc) is 2.15. The molecule has 76 valence electrons. The highest BCUT2D eigenvalue weighted by atomic mass is 35.5. The Balaban J connectivity index is 2.56. The molecule has 0 aromatic heterocycles. The smallest absolute Gasteiger partial charge is 0.317 e. The van der Waals surface area contributed by atoms with Crippen LogP contribution in [0.2, 0.25) is 5.02 Å². The van der Waals surface area contributed by atoms with E-state index in [2.05, 4.69) is 5.32 Å². The van der Waals surface area contributed by atoms with E-state index in [0.29, 0.717) is 5.02 Å². The molecule has 0 heterocycles. The molecular formula is C10H12ClNO2. The fourth-order valence-corrected chi connectivity index (χ4v) is 1.24. The molecule has 0 aliphatic rings. The molecule has 0 saturated heterocycles. The molecule has 14 heavy (non-hydrogen) atoms. The van der Waals surface area contributed by atoms with Crippen LogP contribution >= 0.6 is 11.6 Å². The summed E-state index contributed by atoms with van der Waals surface area (Å²) >= 11 is 5.73. The highest BCUT2D eigenvalue weighted by Gasteiger charge is 2.05. The lowest BCUT2D eigenvalue weighted by atomic mass is 10.1. The number of carboxylic acid groups (broad SMARTS) is 1. The molecule has 0 aliphatic heterocycles. The lowest BCUT2D eigenvalue weighted by Gasteiger charge is -2.12. The number of hydrogen-bond acceptors (Lipinski definition) is 2. The normalized spacial score (nSPS) is 12.4. The summed E-state index contributed by atoms with van der Waals surface area (Å²) in [6.07, 6.45) is 0. The number of rotatable bonds is 4. The third-order valence-corrected chi connectivity index (χ3v) is 2.18. The first kappa shape index (κ1) is 11.0. The van der Waals surface area contributed by atoms with E-state index in [-0.39, 0.29) is 12.6 Å². The Morgan fingerprint density at radius 2 is 2.07 bits per heavy atom. The van der Waals surface area contributed by atoms with E-state index in [0.717, 1.165) is 5.56 Å². The average molecular weight is 214 g/mol. The predicted molar refractivity (Wildman–Crippen MR) is 55.5 cm³/mol. The van der Waals surface area contributed by atoms with Gasteiger partial charge in [0.15, 0.2) is 0 Å². The van der Waals surface area contributed by atoms with Gasteiger partial charge in [-0.3, -0.25) is 4.79 Å². The Morgan fingerprint density at radius 1 is 1.50 bits per heavy atom. The van der Waals surface area contributed by atoms with E-state index in [9.17, 15) is 4.79 Å². The predicted octanol–water partition coefficient (Wildman–Crippen LogP) is 2.08. The van der Waals surface area contributed by atoms with Crippen LogP contribution < -0.4 is 5.32 Å². The van der Waals surface area contributed by atoms with Crippen LogP contribution in [0.5, 0.6) is 0 Å². The van der Waals surface area contributed by atoms with E-state index >= 15 is 0 Å². The topological polar surface area (TPSA) is 49.3 Å². The zero-order valence-corrected chi connectivity index (χ0v) is 8.58. The number of carbonyl (C=O) groups is 1. The highest BCUT2D eigenvalue weighted by molar-refractivity contribution is 6.30. The molecule has 0 fully saturated rings. The Kier molecular flexibility index (Phi) is 3.92. The molecule has 0 saturated carbocycles. The first-order valence-corrected chi connectivity index (χ1v) is 4.68. The van der Waals surface area contributed by atoms with Crippen LogP contribution in [0.3, 0.4) is 0 Å². The van der Waals surface area contributed by atoms with Crippen LogP contribution in [0.4, 0.5) is 0 Å². The number of benzene rings is 1. The van der Waals surface area contributed by atoms with Crippen molar-refractivity contribution in [3.05, 3.63) is 34.9 Å². The molecule has 0 unspecified atom stereocenters. The maximum atomic E-state index is 10.3. The summed E-state index contributed by atoms with van der Waals surface area (Å²) in [7, 11) is 0. The van der Waals surface area contributed by atoms with Crippen molar-refractivity contribution in [1.82, 2.24) is 5.32 Å². The van der Waals surface area contributed by atoms with Crippen LogP contribution in [-0.2, 0) is 4.79 Å². The van der Waals surface area contributed by atoms with Gasteiger partial charge in [-0.15, -0.1) is 0 Å². The SMILES string of the molecule is C[C@H](NCC(=O)O)c1ccc(Cl)cc1. The van der Waals surface area contributed by atoms with Gasteiger partial charge in [-0.2, -0.15) is 0 Å². The van der Waals surface area contributed by atoms with Gasteiger partial charge < -0.3 is 10.4 Å². The van der Waals surface area contributed by atoms with Gasteiger partial charge in [0.1, 0.15) is 0 Å². The second-order valence-electron chi connectivity index (χ2n) is 3.05. The minimum atomic E-state index is -0.856. The summed E-state index contributed by atoms with van der Waals surface area (Å²) in [5.74, 6) is -0.856. The van der Waals surface area contributed by atoms with Crippen molar-refractivity contribution in [2.75, 3.05) is 6.54 Å². The van der Waals surface area contributed by atoms with Gasteiger partial charge in [-0.1, -0.05) is 23.7 Å². The van der Waals surface area contributed by atoms with E-state index in [1.54, 1.807) is 12.1 Å². The number of carboxylic acids is 1. The molecule has 0 spiro atoms. The van der Waals surface area contributed by atoms with Gasteiger partial charge in [0.05, 0.1) is 6.54 Å². The van der Waals surface area contributed by atoms with Gasteiger partial charge in [0.2, 0.25) is 0 Å². The Hall–Kier alpha value is -1.06. The van der Waals surface area contributed by atoms with Crippen LogP contribution in [0.1, 0.15) is 18.5 Å². The zero-order valence-electron chi connectivity index (χ0n) is 7.83. The minimum absolute atomic E-state index is 0.0170. The van der Waals surface area contributed by atoms with Crippen molar-refractivity contribution in [3.63, 3.8) is 0 Å². The van der Waals surface area contributed by atoms with E-state index < -0.39 is 5.97 Å². The standard InChI is InChI=1S/C10H12ClNO2/c1-7(12-6-10(13)14)8-2-4-9(11)5-3-8/h2-5,7,12H,6H2,1H3,(H,13,14)/t7-/m0/s1. The molecule has 0 aliphatic carbocycles. The van der Waals surface area contributed by atoms with Gasteiger partial charge in [-0.25, -0.2) is 0 Å². The number of nitrogens with one attached hydrogen (secondary N) is 1. The Morgan fingerprint density at radius 3 is 2.57 bits per heavy atom. The summed E-state index contributed by atoms with van der Waals surface area (Å²) in [5, 5.41) is 12.0. The molecule has 1 rings (SSSR count). The third kappa shape index (κ3) is 3.36. The molecule has 1 atom stereocenters. The Labute approximate surface area is 87.7 Å². The van der Waals surface area contributed by atoms with E-state index in [4.69, 9.17) is 16.7 Å². The summed E-state index contributed by atoms with van der Waals surface area (Å²) in [5.41, 5.74) is 1.02.